The molecule has 2 nitrogen and oxygen atoms in total. The van der Waals surface area contributed by atoms with E-state index in [1.165, 1.54) is 18.4 Å². The van der Waals surface area contributed by atoms with Gasteiger partial charge in [-0.15, -0.1) is 0 Å². The van der Waals surface area contributed by atoms with Gasteiger partial charge in [0.15, 0.2) is 0 Å². The van der Waals surface area contributed by atoms with Crippen LogP contribution in [0.4, 0.5) is 0 Å². The Morgan fingerprint density at radius 3 is 2.79 bits per heavy atom. The molecule has 0 aromatic heterocycles. The quantitative estimate of drug-likeness (QED) is 0.759. The molecule has 0 saturated heterocycles. The van der Waals surface area contributed by atoms with Crippen LogP contribution < -0.4 is 4.74 Å². The van der Waals surface area contributed by atoms with Crippen LogP contribution in [-0.4, -0.2) is 10.7 Å². The Morgan fingerprint density at radius 1 is 1.26 bits per heavy atom. The van der Waals surface area contributed by atoms with Gasteiger partial charge in [-0.05, 0) is 50.2 Å². The van der Waals surface area contributed by atoms with Crippen molar-refractivity contribution in [2.45, 2.75) is 64.6 Å². The van der Waals surface area contributed by atoms with Crippen LogP contribution in [0.15, 0.2) is 18.2 Å². The number of benzene rings is 1. The molecule has 1 spiro atoms. The Kier molecular flexibility index (Phi) is 2.90. The number of aliphatic hydroxyl groups is 1. The minimum absolute atomic E-state index is 0.149. The summed E-state index contributed by atoms with van der Waals surface area (Å²) in [7, 11) is 0. The highest BCUT2D eigenvalue weighted by Crippen LogP contribution is 2.50. The van der Waals surface area contributed by atoms with Crippen LogP contribution in [0.2, 0.25) is 0 Å². The topological polar surface area (TPSA) is 29.5 Å². The summed E-state index contributed by atoms with van der Waals surface area (Å²) in [4.78, 5) is 0. The molecule has 1 fully saturated rings. The molecule has 1 N–H and O–H groups in total. The van der Waals surface area contributed by atoms with Crippen LogP contribution in [0.3, 0.4) is 0 Å². The van der Waals surface area contributed by atoms with E-state index in [2.05, 4.69) is 32.9 Å². The molecular weight excluding hydrogens is 236 g/mol. The van der Waals surface area contributed by atoms with Crippen molar-refractivity contribution in [1.29, 1.82) is 0 Å². The summed E-state index contributed by atoms with van der Waals surface area (Å²) in [6.45, 7) is 6.68. The largest absolute Gasteiger partial charge is 0.487 e. The summed E-state index contributed by atoms with van der Waals surface area (Å²) in [6.07, 6.45) is 4.94. The summed E-state index contributed by atoms with van der Waals surface area (Å²) in [5.41, 5.74) is 2.32. The van der Waals surface area contributed by atoms with Crippen molar-refractivity contribution in [2.24, 2.45) is 5.41 Å². The molecule has 19 heavy (non-hydrogen) atoms. The molecule has 0 radical (unpaired) electrons. The predicted molar refractivity (Wildman–Crippen MR) is 76.4 cm³/mol. The Morgan fingerprint density at radius 2 is 2.05 bits per heavy atom. The number of ether oxygens (including phenoxy) is 1. The third kappa shape index (κ3) is 2.38. The third-order valence-electron chi connectivity index (χ3n) is 4.70. The number of rotatable bonds is 0. The van der Waals surface area contributed by atoms with Crippen molar-refractivity contribution in [1.82, 2.24) is 0 Å². The van der Waals surface area contributed by atoms with Crippen LogP contribution in [0.25, 0.3) is 0 Å². The van der Waals surface area contributed by atoms with Crippen molar-refractivity contribution in [3.05, 3.63) is 29.3 Å². The van der Waals surface area contributed by atoms with Crippen molar-refractivity contribution in [3.63, 3.8) is 0 Å². The van der Waals surface area contributed by atoms with E-state index in [9.17, 15) is 5.11 Å². The molecular formula is C17H24O2. The van der Waals surface area contributed by atoms with Crippen LogP contribution in [0.1, 0.15) is 63.2 Å². The Hall–Kier alpha value is -1.02. The van der Waals surface area contributed by atoms with Gasteiger partial charge in [-0.3, -0.25) is 0 Å². The highest BCUT2D eigenvalue weighted by Gasteiger charge is 2.46. The maximum absolute atomic E-state index is 10.5. The smallest absolute Gasteiger partial charge is 0.125 e. The fourth-order valence-electron chi connectivity index (χ4n) is 3.96. The molecule has 1 aromatic rings. The summed E-state index contributed by atoms with van der Waals surface area (Å²) in [5.74, 6) is 0.891. The van der Waals surface area contributed by atoms with Gasteiger partial charge in [0.25, 0.3) is 0 Å². The summed E-state index contributed by atoms with van der Waals surface area (Å²) < 4.78 is 6.36. The fraction of sp³-hybridized carbons (Fsp3) is 0.647. The first-order chi connectivity index (χ1) is 8.89. The van der Waals surface area contributed by atoms with E-state index < -0.39 is 0 Å². The average Bonchev–Trinajstić information content (AvgIpc) is 2.29. The first-order valence-electron chi connectivity index (χ1n) is 7.37. The third-order valence-corrected chi connectivity index (χ3v) is 4.70. The predicted octanol–water partition coefficient (Wildman–Crippen LogP) is 4.15. The van der Waals surface area contributed by atoms with E-state index in [4.69, 9.17) is 4.74 Å². The summed E-state index contributed by atoms with van der Waals surface area (Å²) in [6, 6.07) is 6.15. The minimum atomic E-state index is -0.377. The molecule has 1 aliphatic carbocycles. The van der Waals surface area contributed by atoms with E-state index in [0.29, 0.717) is 5.41 Å². The van der Waals surface area contributed by atoms with Crippen LogP contribution in [0, 0.1) is 12.3 Å². The lowest BCUT2D eigenvalue weighted by molar-refractivity contribution is -0.0677. The lowest BCUT2D eigenvalue weighted by Crippen LogP contribution is -2.47. The molecule has 1 saturated carbocycles. The zero-order valence-electron chi connectivity index (χ0n) is 12.2. The molecule has 2 atom stereocenters. The minimum Gasteiger partial charge on any atom is -0.487 e. The Labute approximate surface area is 115 Å². The lowest BCUT2D eigenvalue weighted by atomic mass is 9.67. The summed E-state index contributed by atoms with van der Waals surface area (Å²) in [5, 5.41) is 10.5. The molecule has 0 bridgehead atoms. The maximum Gasteiger partial charge on any atom is 0.125 e. The maximum atomic E-state index is 10.5. The van der Waals surface area contributed by atoms with Gasteiger partial charge in [0, 0.05) is 12.0 Å². The lowest BCUT2D eigenvalue weighted by Gasteiger charge is -2.48. The molecule has 2 aliphatic rings. The Balaban J connectivity index is 1.94. The molecule has 0 amide bonds. The Bertz CT molecular complexity index is 492. The van der Waals surface area contributed by atoms with Crippen molar-refractivity contribution in [2.75, 3.05) is 0 Å². The summed E-state index contributed by atoms with van der Waals surface area (Å²) >= 11 is 0. The van der Waals surface area contributed by atoms with Crippen molar-refractivity contribution in [3.8, 4) is 5.75 Å². The van der Waals surface area contributed by atoms with Crippen LogP contribution in [0.5, 0.6) is 5.75 Å². The standard InChI is InChI=1S/C17H24O2/c1-12-5-6-15-13(9-12)14(18)10-17(19-15)8-4-7-16(2,3)11-17/h5-6,9,14,18H,4,7-8,10-11H2,1-3H3/t14-,17?/m1/s1. The SMILES string of the molecule is Cc1ccc2c(c1)[C@H](O)CC1(CCCC(C)(C)C1)O2. The van der Waals surface area contributed by atoms with Gasteiger partial charge in [-0.25, -0.2) is 0 Å². The van der Waals surface area contributed by atoms with Gasteiger partial charge in [0.05, 0.1) is 6.10 Å². The molecule has 104 valence electrons. The molecule has 1 aliphatic heterocycles. The molecule has 1 aromatic carbocycles. The highest BCUT2D eigenvalue weighted by molar-refractivity contribution is 5.41. The van der Waals surface area contributed by atoms with E-state index in [-0.39, 0.29) is 11.7 Å². The van der Waals surface area contributed by atoms with Crippen LogP contribution in [-0.2, 0) is 0 Å². The van der Waals surface area contributed by atoms with Gasteiger partial charge >= 0.3 is 0 Å². The van der Waals surface area contributed by atoms with E-state index in [0.717, 1.165) is 30.6 Å². The number of hydrogen-bond acceptors (Lipinski definition) is 2. The van der Waals surface area contributed by atoms with Gasteiger partial charge in [-0.1, -0.05) is 25.5 Å². The average molecular weight is 260 g/mol. The number of aliphatic hydroxyl groups excluding tert-OH is 1. The van der Waals surface area contributed by atoms with Crippen LogP contribution >= 0.6 is 0 Å². The van der Waals surface area contributed by atoms with Gasteiger partial charge in [0.2, 0.25) is 0 Å². The van der Waals surface area contributed by atoms with Gasteiger partial charge in [-0.2, -0.15) is 0 Å². The van der Waals surface area contributed by atoms with E-state index >= 15 is 0 Å². The van der Waals surface area contributed by atoms with Gasteiger partial charge < -0.3 is 9.84 Å². The van der Waals surface area contributed by atoms with Crippen molar-refractivity contribution >= 4 is 0 Å². The normalized spacial score (nSPS) is 32.7. The van der Waals surface area contributed by atoms with E-state index in [1.807, 2.05) is 6.07 Å². The first-order valence-corrected chi connectivity index (χ1v) is 7.37. The molecule has 2 heteroatoms. The molecule has 1 unspecified atom stereocenters. The second-order valence-electron chi connectivity index (χ2n) is 7.24. The first kappa shape index (κ1) is 13.0. The number of fused-ring (bicyclic) bond motifs is 1. The zero-order chi connectivity index (χ0) is 13.7. The monoisotopic (exact) mass is 260 g/mol. The van der Waals surface area contributed by atoms with Gasteiger partial charge in [0.1, 0.15) is 11.4 Å². The number of hydrogen-bond donors (Lipinski definition) is 1. The highest BCUT2D eigenvalue weighted by atomic mass is 16.5. The van der Waals surface area contributed by atoms with E-state index in [1.54, 1.807) is 0 Å². The zero-order valence-corrected chi connectivity index (χ0v) is 12.2. The number of aryl methyl sites for hydroxylation is 1. The fourth-order valence-corrected chi connectivity index (χ4v) is 3.96. The molecule has 1 heterocycles. The molecule has 3 rings (SSSR count). The van der Waals surface area contributed by atoms with Crippen molar-refractivity contribution < 1.29 is 9.84 Å². The second kappa shape index (κ2) is 4.24. The second-order valence-corrected chi connectivity index (χ2v) is 7.24.